The highest BCUT2D eigenvalue weighted by molar-refractivity contribution is 9.10. The Hall–Kier alpha value is -2.22. The van der Waals surface area contributed by atoms with Crippen LogP contribution in [0.25, 0.3) is 0 Å². The van der Waals surface area contributed by atoms with Gasteiger partial charge in [0.1, 0.15) is 11.5 Å². The maximum absolute atomic E-state index is 14.5. The number of nitrogens with two attached hydrogens (primary N) is 1. The summed E-state index contributed by atoms with van der Waals surface area (Å²) in [5.41, 5.74) is 4.85. The van der Waals surface area contributed by atoms with E-state index in [1.54, 1.807) is 13.0 Å². The zero-order chi connectivity index (χ0) is 20.5. The predicted molar refractivity (Wildman–Crippen MR) is 104 cm³/mol. The molecule has 2 aromatic rings. The van der Waals surface area contributed by atoms with Crippen molar-refractivity contribution < 1.29 is 18.0 Å². The van der Waals surface area contributed by atoms with Crippen molar-refractivity contribution in [2.24, 2.45) is 10.7 Å². The van der Waals surface area contributed by atoms with Crippen LogP contribution in [0.3, 0.4) is 0 Å². The quantitative estimate of drug-likeness (QED) is 0.665. The molecule has 0 radical (unpaired) electrons. The van der Waals surface area contributed by atoms with Gasteiger partial charge in [0.05, 0.1) is 5.84 Å². The number of ketones is 1. The van der Waals surface area contributed by atoms with Gasteiger partial charge in [-0.2, -0.15) is 0 Å². The summed E-state index contributed by atoms with van der Waals surface area (Å²) in [5, 5.41) is 0. The number of carbonyl (C=O) groups excluding carboxylic acids is 1. The number of hydrogen-bond acceptors (Lipinski definition) is 4. The van der Waals surface area contributed by atoms with Crippen LogP contribution in [0.15, 0.2) is 39.9 Å². The normalized spacial score (nSPS) is 19.6. The Bertz CT molecular complexity index is 948. The number of halogens is 4. The smallest absolute Gasteiger partial charge is 0.267 e. The first-order valence-corrected chi connectivity index (χ1v) is 9.59. The molecular formula is C20H19BrF3N3O. The summed E-state index contributed by atoms with van der Waals surface area (Å²) in [4.78, 5) is 20.7. The van der Waals surface area contributed by atoms with Crippen LogP contribution in [0.2, 0.25) is 0 Å². The second kappa shape index (κ2) is 8.03. The molecule has 1 aromatic carbocycles. The third-order valence-corrected chi connectivity index (χ3v) is 5.30. The zero-order valence-electron chi connectivity index (χ0n) is 15.2. The Kier molecular flexibility index (Phi) is 5.88. The van der Waals surface area contributed by atoms with E-state index in [4.69, 9.17) is 5.73 Å². The molecular weight excluding hydrogens is 435 g/mol. The van der Waals surface area contributed by atoms with E-state index < -0.39 is 17.8 Å². The fourth-order valence-electron chi connectivity index (χ4n) is 3.49. The van der Waals surface area contributed by atoms with E-state index in [9.17, 15) is 18.0 Å². The summed E-state index contributed by atoms with van der Waals surface area (Å²) in [7, 11) is 0. The topological polar surface area (TPSA) is 68.3 Å². The third kappa shape index (κ3) is 3.97. The number of aryl methyl sites for hydroxylation is 1. The molecule has 1 aliphatic heterocycles. The van der Waals surface area contributed by atoms with Gasteiger partial charge in [-0.3, -0.25) is 14.8 Å². The van der Waals surface area contributed by atoms with Gasteiger partial charge in [-0.15, -0.1) is 0 Å². The largest absolute Gasteiger partial charge is 0.387 e. The molecule has 1 unspecified atom stereocenters. The number of carbonyl (C=O) groups is 1. The third-order valence-electron chi connectivity index (χ3n) is 4.87. The van der Waals surface area contributed by atoms with E-state index >= 15 is 0 Å². The number of hydrogen-bond donors (Lipinski definition) is 1. The molecule has 3 rings (SSSR count). The minimum absolute atomic E-state index is 0.00688. The number of Topliss-reactive ketones (excluding diaryl/α,β-unsaturated/α-hetero) is 1. The van der Waals surface area contributed by atoms with E-state index in [0.29, 0.717) is 24.0 Å². The molecule has 0 saturated carbocycles. The van der Waals surface area contributed by atoms with Gasteiger partial charge in [0.25, 0.3) is 6.43 Å². The first-order valence-electron chi connectivity index (χ1n) is 8.79. The van der Waals surface area contributed by atoms with Crippen molar-refractivity contribution >= 4 is 27.5 Å². The molecule has 1 atom stereocenters. The van der Waals surface area contributed by atoms with Gasteiger partial charge in [-0.05, 0) is 65.0 Å². The molecule has 2 N–H and O–H groups in total. The van der Waals surface area contributed by atoms with E-state index in [1.165, 1.54) is 18.3 Å². The lowest BCUT2D eigenvalue weighted by Crippen LogP contribution is -2.39. The molecule has 0 fully saturated rings. The van der Waals surface area contributed by atoms with E-state index in [1.807, 2.05) is 0 Å². The van der Waals surface area contributed by atoms with Crippen molar-refractivity contribution in [3.8, 4) is 0 Å². The van der Waals surface area contributed by atoms with E-state index in [2.05, 4.69) is 25.9 Å². The Morgan fingerprint density at radius 2 is 2.11 bits per heavy atom. The Labute approximate surface area is 169 Å². The molecule has 4 nitrogen and oxygen atoms in total. The average Bonchev–Trinajstić information content (AvgIpc) is 2.62. The molecule has 1 aliphatic rings. The Balaban J connectivity index is 1.97. The number of amidine groups is 1. The van der Waals surface area contributed by atoms with Crippen LogP contribution >= 0.6 is 15.9 Å². The monoisotopic (exact) mass is 453 g/mol. The van der Waals surface area contributed by atoms with Crippen LogP contribution in [0.1, 0.15) is 46.4 Å². The Morgan fingerprint density at radius 1 is 1.36 bits per heavy atom. The van der Waals surface area contributed by atoms with Gasteiger partial charge < -0.3 is 5.73 Å². The zero-order valence-corrected chi connectivity index (χ0v) is 16.8. The van der Waals surface area contributed by atoms with Crippen molar-refractivity contribution in [3.05, 3.63) is 63.1 Å². The SMILES string of the molecule is Cc1cc(Br)cnc1C(=O)Cc1ccc(F)c(C2(C(F)F)CCCC(N)=N2)c1. The van der Waals surface area contributed by atoms with Crippen molar-refractivity contribution in [2.75, 3.05) is 0 Å². The minimum atomic E-state index is -2.91. The summed E-state index contributed by atoms with van der Waals surface area (Å²) < 4.78 is 43.2. The summed E-state index contributed by atoms with van der Waals surface area (Å²) in [6.45, 7) is 1.76. The highest BCUT2D eigenvalue weighted by Gasteiger charge is 2.45. The fraction of sp³-hybridized carbons (Fsp3) is 0.350. The molecule has 1 aromatic heterocycles. The summed E-state index contributed by atoms with van der Waals surface area (Å²) >= 11 is 3.29. The number of pyridine rings is 1. The molecule has 148 valence electrons. The highest BCUT2D eigenvalue weighted by Crippen LogP contribution is 2.41. The molecule has 2 heterocycles. The number of nitrogens with zero attached hydrogens (tertiary/aromatic N) is 2. The standard InChI is InChI=1S/C20H19BrF3N3O/c1-11-7-13(21)10-26-18(11)16(28)9-12-4-5-15(22)14(8-12)20(19(23)24)6-2-3-17(25)27-20/h4-5,7-8,10,19H,2-3,6,9H2,1H3,(H2,25,27). The van der Waals surface area contributed by atoms with Crippen LogP contribution < -0.4 is 5.73 Å². The van der Waals surface area contributed by atoms with Crippen molar-refractivity contribution in [1.82, 2.24) is 4.98 Å². The number of aromatic nitrogens is 1. The molecule has 8 heteroatoms. The van der Waals surface area contributed by atoms with Crippen LogP contribution in [-0.2, 0) is 12.0 Å². The minimum Gasteiger partial charge on any atom is -0.387 e. The van der Waals surface area contributed by atoms with Gasteiger partial charge in [0.2, 0.25) is 0 Å². The first-order chi connectivity index (χ1) is 13.2. The van der Waals surface area contributed by atoms with Crippen LogP contribution in [-0.4, -0.2) is 23.0 Å². The van der Waals surface area contributed by atoms with Crippen LogP contribution in [0.5, 0.6) is 0 Å². The second-order valence-corrected chi connectivity index (χ2v) is 7.83. The summed E-state index contributed by atoms with van der Waals surface area (Å²) in [5.74, 6) is -0.977. The number of aliphatic imine (C=N–C) groups is 1. The fourth-order valence-corrected chi connectivity index (χ4v) is 3.94. The highest BCUT2D eigenvalue weighted by atomic mass is 79.9. The molecule has 0 aliphatic carbocycles. The Morgan fingerprint density at radius 3 is 2.75 bits per heavy atom. The van der Waals surface area contributed by atoms with Crippen LogP contribution in [0.4, 0.5) is 13.2 Å². The average molecular weight is 454 g/mol. The second-order valence-electron chi connectivity index (χ2n) is 6.91. The number of benzene rings is 1. The molecule has 28 heavy (non-hydrogen) atoms. The van der Waals surface area contributed by atoms with Gasteiger partial charge in [0, 0.05) is 29.1 Å². The molecule has 0 spiro atoms. The van der Waals surface area contributed by atoms with E-state index in [-0.39, 0.29) is 35.7 Å². The maximum Gasteiger partial charge on any atom is 0.267 e. The number of alkyl halides is 2. The van der Waals surface area contributed by atoms with Crippen LogP contribution in [0, 0.1) is 12.7 Å². The lowest BCUT2D eigenvalue weighted by molar-refractivity contribution is 0.0422. The van der Waals surface area contributed by atoms with Crippen molar-refractivity contribution in [1.29, 1.82) is 0 Å². The maximum atomic E-state index is 14.5. The van der Waals surface area contributed by atoms with Crippen molar-refractivity contribution in [2.45, 2.75) is 44.6 Å². The predicted octanol–water partition coefficient (Wildman–Crippen LogP) is 4.72. The molecule has 0 amide bonds. The van der Waals surface area contributed by atoms with Gasteiger partial charge in [-0.25, -0.2) is 13.2 Å². The molecule has 0 bridgehead atoms. The summed E-state index contributed by atoms with van der Waals surface area (Å²) in [6, 6.07) is 5.58. The van der Waals surface area contributed by atoms with Gasteiger partial charge in [-0.1, -0.05) is 6.07 Å². The van der Waals surface area contributed by atoms with E-state index in [0.717, 1.165) is 10.5 Å². The van der Waals surface area contributed by atoms with Gasteiger partial charge in [0.15, 0.2) is 11.3 Å². The van der Waals surface area contributed by atoms with Gasteiger partial charge >= 0.3 is 0 Å². The molecule has 0 saturated heterocycles. The van der Waals surface area contributed by atoms with Crippen molar-refractivity contribution in [3.63, 3.8) is 0 Å². The lowest BCUT2D eigenvalue weighted by Gasteiger charge is -2.33. The first kappa shape index (κ1) is 20.5. The number of rotatable bonds is 5. The lowest BCUT2D eigenvalue weighted by atomic mass is 9.82. The summed E-state index contributed by atoms with van der Waals surface area (Å²) in [6.07, 6.45) is -0.689.